The predicted octanol–water partition coefficient (Wildman–Crippen LogP) is 2.86. The number of hydrogen-bond acceptors (Lipinski definition) is 3. The van der Waals surface area contributed by atoms with Gasteiger partial charge in [0.25, 0.3) is 0 Å². The Labute approximate surface area is 82.8 Å². The Hall–Kier alpha value is -1.64. The molecule has 0 saturated heterocycles. The van der Waals surface area contributed by atoms with E-state index in [0.717, 1.165) is 11.3 Å². The molecule has 0 aromatic carbocycles. The minimum atomic E-state index is 0.368. The second-order valence-electron chi connectivity index (χ2n) is 3.46. The molecule has 0 unspecified atom stereocenters. The third-order valence-electron chi connectivity index (χ3n) is 2.00. The summed E-state index contributed by atoms with van der Waals surface area (Å²) in [6.07, 6.45) is 5.25. The van der Waals surface area contributed by atoms with Crippen LogP contribution in [-0.2, 0) is 0 Å². The minimum Gasteiger partial charge on any atom is -0.441 e. The molecule has 2 aromatic rings. The van der Waals surface area contributed by atoms with Crippen LogP contribution < -0.4 is 0 Å². The molecule has 0 atom stereocenters. The molecule has 0 amide bonds. The number of rotatable bonds is 2. The Kier molecular flexibility index (Phi) is 2.31. The summed E-state index contributed by atoms with van der Waals surface area (Å²) < 4.78 is 5.58. The Bertz CT molecular complexity index is 406. The molecule has 0 aliphatic carbocycles. The van der Waals surface area contributed by atoms with Crippen molar-refractivity contribution in [3.8, 4) is 11.5 Å². The largest absolute Gasteiger partial charge is 0.441 e. The van der Waals surface area contributed by atoms with Crippen LogP contribution in [0.3, 0.4) is 0 Å². The first-order chi connectivity index (χ1) is 6.77. The van der Waals surface area contributed by atoms with Gasteiger partial charge in [-0.3, -0.25) is 4.98 Å². The average molecular weight is 188 g/mol. The molecule has 0 aliphatic heterocycles. The van der Waals surface area contributed by atoms with Gasteiger partial charge in [-0.1, -0.05) is 13.8 Å². The van der Waals surface area contributed by atoms with E-state index in [-0.39, 0.29) is 0 Å². The fraction of sp³-hybridized carbons (Fsp3) is 0.273. The highest BCUT2D eigenvalue weighted by Crippen LogP contribution is 2.21. The fourth-order valence-corrected chi connectivity index (χ4v) is 1.18. The van der Waals surface area contributed by atoms with Gasteiger partial charge in [0.1, 0.15) is 5.76 Å². The summed E-state index contributed by atoms with van der Waals surface area (Å²) in [6, 6.07) is 3.80. The third-order valence-corrected chi connectivity index (χ3v) is 2.00. The molecule has 2 aromatic heterocycles. The van der Waals surface area contributed by atoms with E-state index in [1.54, 1.807) is 18.6 Å². The van der Waals surface area contributed by atoms with Crippen LogP contribution in [0.2, 0.25) is 0 Å². The Morgan fingerprint density at radius 1 is 1.29 bits per heavy atom. The molecular formula is C11H12N2O. The molecule has 0 N–H and O–H groups in total. The summed E-state index contributed by atoms with van der Waals surface area (Å²) >= 11 is 0. The van der Waals surface area contributed by atoms with Crippen LogP contribution in [0.4, 0.5) is 0 Å². The van der Waals surface area contributed by atoms with Crippen LogP contribution in [-0.4, -0.2) is 9.97 Å². The van der Waals surface area contributed by atoms with E-state index in [2.05, 4.69) is 23.8 Å². The summed E-state index contributed by atoms with van der Waals surface area (Å²) in [5.74, 6) is 1.92. The van der Waals surface area contributed by atoms with Gasteiger partial charge in [-0.15, -0.1) is 0 Å². The zero-order chi connectivity index (χ0) is 9.97. The van der Waals surface area contributed by atoms with Gasteiger partial charge < -0.3 is 4.42 Å². The van der Waals surface area contributed by atoms with Crippen molar-refractivity contribution >= 4 is 0 Å². The maximum Gasteiger partial charge on any atom is 0.227 e. The summed E-state index contributed by atoms with van der Waals surface area (Å²) in [6.45, 7) is 4.15. The maximum absolute atomic E-state index is 5.58. The van der Waals surface area contributed by atoms with Crippen molar-refractivity contribution in [2.45, 2.75) is 19.8 Å². The molecule has 2 rings (SSSR count). The van der Waals surface area contributed by atoms with Gasteiger partial charge in [0.15, 0.2) is 0 Å². The summed E-state index contributed by atoms with van der Waals surface area (Å²) in [5, 5.41) is 0. The lowest BCUT2D eigenvalue weighted by molar-refractivity contribution is 0.495. The van der Waals surface area contributed by atoms with Crippen LogP contribution >= 0.6 is 0 Å². The first-order valence-electron chi connectivity index (χ1n) is 4.63. The van der Waals surface area contributed by atoms with E-state index in [9.17, 15) is 0 Å². The van der Waals surface area contributed by atoms with Crippen LogP contribution in [0, 0.1) is 0 Å². The standard InChI is InChI=1S/C11H12N2O/c1-8(2)10-7-13-11(14-10)9-4-3-5-12-6-9/h3-8H,1-2H3. The van der Waals surface area contributed by atoms with Gasteiger partial charge in [0.2, 0.25) is 5.89 Å². The number of aromatic nitrogens is 2. The SMILES string of the molecule is CC(C)c1cnc(-c2cccnc2)o1. The number of hydrogen-bond donors (Lipinski definition) is 0. The van der Waals surface area contributed by atoms with E-state index in [4.69, 9.17) is 4.42 Å². The monoisotopic (exact) mass is 188 g/mol. The molecule has 14 heavy (non-hydrogen) atoms. The van der Waals surface area contributed by atoms with Crippen molar-refractivity contribution < 1.29 is 4.42 Å². The van der Waals surface area contributed by atoms with Crippen molar-refractivity contribution in [3.05, 3.63) is 36.5 Å². The Morgan fingerprint density at radius 2 is 2.14 bits per heavy atom. The zero-order valence-corrected chi connectivity index (χ0v) is 8.27. The summed E-state index contributed by atoms with van der Waals surface area (Å²) in [5.41, 5.74) is 0.916. The Morgan fingerprint density at radius 3 is 2.71 bits per heavy atom. The number of pyridine rings is 1. The Balaban J connectivity index is 2.34. The molecule has 0 spiro atoms. The molecule has 3 nitrogen and oxygen atoms in total. The van der Waals surface area contributed by atoms with E-state index >= 15 is 0 Å². The average Bonchev–Trinajstić information content (AvgIpc) is 2.68. The van der Waals surface area contributed by atoms with Crippen LogP contribution in [0.15, 0.2) is 35.1 Å². The van der Waals surface area contributed by atoms with Gasteiger partial charge in [-0.05, 0) is 12.1 Å². The molecule has 2 heterocycles. The van der Waals surface area contributed by atoms with E-state index in [0.29, 0.717) is 11.8 Å². The number of nitrogens with zero attached hydrogens (tertiary/aromatic N) is 2. The van der Waals surface area contributed by atoms with Crippen LogP contribution in [0.25, 0.3) is 11.5 Å². The first-order valence-corrected chi connectivity index (χ1v) is 4.63. The van der Waals surface area contributed by atoms with Crippen molar-refractivity contribution in [3.63, 3.8) is 0 Å². The van der Waals surface area contributed by atoms with Gasteiger partial charge in [0.05, 0.1) is 11.8 Å². The highest BCUT2D eigenvalue weighted by Gasteiger charge is 2.08. The number of oxazole rings is 1. The van der Waals surface area contributed by atoms with Crippen LogP contribution in [0.1, 0.15) is 25.5 Å². The molecule has 0 radical (unpaired) electrons. The zero-order valence-electron chi connectivity index (χ0n) is 8.27. The minimum absolute atomic E-state index is 0.368. The van der Waals surface area contributed by atoms with Crippen molar-refractivity contribution in [2.24, 2.45) is 0 Å². The highest BCUT2D eigenvalue weighted by molar-refractivity contribution is 5.50. The predicted molar refractivity (Wildman–Crippen MR) is 53.8 cm³/mol. The van der Waals surface area contributed by atoms with E-state index in [1.807, 2.05) is 12.1 Å². The lowest BCUT2D eigenvalue weighted by Crippen LogP contribution is -1.80. The van der Waals surface area contributed by atoms with Crippen molar-refractivity contribution in [1.29, 1.82) is 0 Å². The van der Waals surface area contributed by atoms with Gasteiger partial charge in [0, 0.05) is 18.3 Å². The quantitative estimate of drug-likeness (QED) is 0.727. The lowest BCUT2D eigenvalue weighted by Gasteiger charge is -1.97. The fourth-order valence-electron chi connectivity index (χ4n) is 1.18. The van der Waals surface area contributed by atoms with Gasteiger partial charge in [-0.25, -0.2) is 4.98 Å². The van der Waals surface area contributed by atoms with Gasteiger partial charge in [-0.2, -0.15) is 0 Å². The van der Waals surface area contributed by atoms with Crippen molar-refractivity contribution in [1.82, 2.24) is 9.97 Å². The lowest BCUT2D eigenvalue weighted by atomic mass is 10.2. The summed E-state index contributed by atoms with van der Waals surface area (Å²) in [4.78, 5) is 8.22. The smallest absolute Gasteiger partial charge is 0.227 e. The second-order valence-corrected chi connectivity index (χ2v) is 3.46. The molecule has 0 aliphatic rings. The highest BCUT2D eigenvalue weighted by atomic mass is 16.4. The van der Waals surface area contributed by atoms with E-state index < -0.39 is 0 Å². The molecule has 0 fully saturated rings. The molecule has 72 valence electrons. The van der Waals surface area contributed by atoms with Gasteiger partial charge >= 0.3 is 0 Å². The second kappa shape index (κ2) is 3.62. The maximum atomic E-state index is 5.58. The first kappa shape index (κ1) is 8.94. The van der Waals surface area contributed by atoms with E-state index in [1.165, 1.54) is 0 Å². The third kappa shape index (κ3) is 1.66. The molecule has 0 saturated carbocycles. The topological polar surface area (TPSA) is 38.9 Å². The van der Waals surface area contributed by atoms with Crippen molar-refractivity contribution in [2.75, 3.05) is 0 Å². The molecule has 3 heteroatoms. The molecule has 0 bridgehead atoms. The molecular weight excluding hydrogens is 176 g/mol. The van der Waals surface area contributed by atoms with Crippen LogP contribution in [0.5, 0.6) is 0 Å². The normalized spacial score (nSPS) is 10.8. The summed E-state index contributed by atoms with van der Waals surface area (Å²) in [7, 11) is 0.